The maximum absolute atomic E-state index is 11.9. The quantitative estimate of drug-likeness (QED) is 0.825. The smallest absolute Gasteiger partial charge is 0.239 e. The van der Waals surface area contributed by atoms with Gasteiger partial charge in [0.2, 0.25) is 5.91 Å². The van der Waals surface area contributed by atoms with Crippen LogP contribution in [0.2, 0.25) is 0 Å². The summed E-state index contributed by atoms with van der Waals surface area (Å²) in [5.41, 5.74) is 3.03. The Hall–Kier alpha value is -2.69. The summed E-state index contributed by atoms with van der Waals surface area (Å²) in [5.74, 6) is 1.26. The zero-order valence-electron chi connectivity index (χ0n) is 13.7. The van der Waals surface area contributed by atoms with Crippen molar-refractivity contribution >= 4 is 11.6 Å². The number of hydrogen-bond donors (Lipinski definition) is 2. The first kappa shape index (κ1) is 16.7. The van der Waals surface area contributed by atoms with Gasteiger partial charge in [0.1, 0.15) is 11.5 Å². The Morgan fingerprint density at radius 1 is 1.04 bits per heavy atom. The van der Waals surface area contributed by atoms with Gasteiger partial charge in [0.15, 0.2) is 0 Å². The van der Waals surface area contributed by atoms with Crippen LogP contribution in [0.4, 0.5) is 5.69 Å². The van der Waals surface area contributed by atoms with E-state index in [1.165, 1.54) is 5.56 Å². The van der Waals surface area contributed by atoms with E-state index in [-0.39, 0.29) is 12.5 Å². The van der Waals surface area contributed by atoms with E-state index >= 15 is 0 Å². The molecule has 0 aliphatic heterocycles. The molecule has 0 radical (unpaired) electrons. The molecule has 0 aliphatic rings. The number of benzene rings is 2. The van der Waals surface area contributed by atoms with Gasteiger partial charge >= 0.3 is 0 Å². The number of ether oxygens (including phenoxy) is 2. The zero-order valence-corrected chi connectivity index (χ0v) is 13.7. The highest BCUT2D eigenvalue weighted by molar-refractivity contribution is 5.81. The Morgan fingerprint density at radius 2 is 1.78 bits per heavy atom. The van der Waals surface area contributed by atoms with Gasteiger partial charge in [-0.05, 0) is 24.6 Å². The van der Waals surface area contributed by atoms with Crippen LogP contribution in [0.1, 0.15) is 11.1 Å². The lowest BCUT2D eigenvalue weighted by Gasteiger charge is -2.12. The van der Waals surface area contributed by atoms with Crippen molar-refractivity contribution < 1.29 is 14.3 Å². The molecule has 0 aromatic heterocycles. The fourth-order valence-electron chi connectivity index (χ4n) is 2.09. The van der Waals surface area contributed by atoms with Crippen molar-refractivity contribution in [3.8, 4) is 11.5 Å². The molecule has 0 spiro atoms. The molecule has 5 nitrogen and oxygen atoms in total. The maximum Gasteiger partial charge on any atom is 0.239 e. The van der Waals surface area contributed by atoms with Gasteiger partial charge in [0, 0.05) is 12.6 Å². The third-order valence-electron chi connectivity index (χ3n) is 3.46. The Bertz CT molecular complexity index is 654. The molecule has 5 heteroatoms. The van der Waals surface area contributed by atoms with E-state index in [0.29, 0.717) is 18.0 Å². The van der Waals surface area contributed by atoms with Gasteiger partial charge in [-0.15, -0.1) is 0 Å². The summed E-state index contributed by atoms with van der Waals surface area (Å²) >= 11 is 0. The summed E-state index contributed by atoms with van der Waals surface area (Å²) in [5, 5.41) is 5.95. The van der Waals surface area contributed by atoms with Gasteiger partial charge in [-0.3, -0.25) is 4.79 Å². The first-order chi connectivity index (χ1) is 11.1. The van der Waals surface area contributed by atoms with Crippen LogP contribution in [0.25, 0.3) is 0 Å². The van der Waals surface area contributed by atoms with Gasteiger partial charge in [0.05, 0.1) is 26.5 Å². The van der Waals surface area contributed by atoms with Crippen LogP contribution in [-0.4, -0.2) is 26.7 Å². The molecule has 0 atom stereocenters. The van der Waals surface area contributed by atoms with Crippen LogP contribution in [0, 0.1) is 6.92 Å². The van der Waals surface area contributed by atoms with Crippen molar-refractivity contribution in [1.82, 2.24) is 5.32 Å². The van der Waals surface area contributed by atoms with Crippen molar-refractivity contribution in [1.29, 1.82) is 0 Å². The highest BCUT2D eigenvalue weighted by Gasteiger charge is 2.07. The SMILES string of the molecule is COc1ccc(NCC(=O)NCc2ccc(C)cc2)c(OC)c1. The summed E-state index contributed by atoms with van der Waals surface area (Å²) in [6, 6.07) is 13.5. The van der Waals surface area contributed by atoms with Crippen molar-refractivity contribution in [3.63, 3.8) is 0 Å². The first-order valence-electron chi connectivity index (χ1n) is 7.40. The van der Waals surface area contributed by atoms with E-state index in [2.05, 4.69) is 10.6 Å². The number of rotatable bonds is 7. The van der Waals surface area contributed by atoms with Crippen LogP contribution >= 0.6 is 0 Å². The van der Waals surface area contributed by atoms with Gasteiger partial charge in [-0.25, -0.2) is 0 Å². The van der Waals surface area contributed by atoms with E-state index < -0.39 is 0 Å². The molecule has 0 saturated heterocycles. The maximum atomic E-state index is 11.9. The first-order valence-corrected chi connectivity index (χ1v) is 7.40. The normalized spacial score (nSPS) is 10.0. The largest absolute Gasteiger partial charge is 0.497 e. The lowest BCUT2D eigenvalue weighted by Crippen LogP contribution is -2.29. The molecule has 2 aromatic rings. The third kappa shape index (κ3) is 4.92. The molecule has 0 heterocycles. The number of carbonyl (C=O) groups is 1. The third-order valence-corrected chi connectivity index (χ3v) is 3.46. The Kier molecular flexibility index (Phi) is 5.86. The van der Waals surface area contributed by atoms with Crippen molar-refractivity contribution in [2.75, 3.05) is 26.1 Å². The van der Waals surface area contributed by atoms with E-state index in [4.69, 9.17) is 9.47 Å². The summed E-state index contributed by atoms with van der Waals surface area (Å²) in [6.45, 7) is 2.73. The predicted molar refractivity (Wildman–Crippen MR) is 91.1 cm³/mol. The van der Waals surface area contributed by atoms with Crippen molar-refractivity contribution in [2.45, 2.75) is 13.5 Å². The highest BCUT2D eigenvalue weighted by Crippen LogP contribution is 2.28. The van der Waals surface area contributed by atoms with E-state index in [1.54, 1.807) is 20.3 Å². The fraction of sp³-hybridized carbons (Fsp3) is 0.278. The molecule has 0 fully saturated rings. The topological polar surface area (TPSA) is 59.6 Å². The summed E-state index contributed by atoms with van der Waals surface area (Å²) in [6.07, 6.45) is 0. The van der Waals surface area contributed by atoms with Gasteiger partial charge < -0.3 is 20.1 Å². The average molecular weight is 314 g/mol. The lowest BCUT2D eigenvalue weighted by atomic mass is 10.1. The summed E-state index contributed by atoms with van der Waals surface area (Å²) in [4.78, 5) is 11.9. The van der Waals surface area contributed by atoms with Crippen molar-refractivity contribution in [3.05, 3.63) is 53.6 Å². The van der Waals surface area contributed by atoms with E-state index in [9.17, 15) is 4.79 Å². The summed E-state index contributed by atoms with van der Waals surface area (Å²) < 4.78 is 10.4. The minimum absolute atomic E-state index is 0.0801. The molecule has 23 heavy (non-hydrogen) atoms. The Balaban J connectivity index is 1.85. The number of hydrogen-bond acceptors (Lipinski definition) is 4. The van der Waals surface area contributed by atoms with Crippen LogP contribution < -0.4 is 20.1 Å². The van der Waals surface area contributed by atoms with Crippen LogP contribution in [0.3, 0.4) is 0 Å². The zero-order chi connectivity index (χ0) is 16.7. The molecule has 2 rings (SSSR count). The molecule has 0 bridgehead atoms. The molecular formula is C18H22N2O3. The second kappa shape index (κ2) is 8.08. The van der Waals surface area contributed by atoms with Gasteiger partial charge in [-0.1, -0.05) is 29.8 Å². The van der Waals surface area contributed by atoms with E-state index in [0.717, 1.165) is 11.3 Å². The molecular weight excluding hydrogens is 292 g/mol. The molecule has 1 amide bonds. The molecule has 0 aliphatic carbocycles. The Morgan fingerprint density at radius 3 is 2.43 bits per heavy atom. The number of nitrogens with one attached hydrogen (secondary N) is 2. The second-order valence-corrected chi connectivity index (χ2v) is 5.18. The standard InChI is InChI=1S/C18H22N2O3/c1-13-4-6-14(7-5-13)11-20-18(21)12-19-16-9-8-15(22-2)10-17(16)23-3/h4-10,19H,11-12H2,1-3H3,(H,20,21). The van der Waals surface area contributed by atoms with Crippen LogP contribution in [0.15, 0.2) is 42.5 Å². The van der Waals surface area contributed by atoms with Gasteiger partial charge in [-0.2, -0.15) is 0 Å². The summed E-state index contributed by atoms with van der Waals surface area (Å²) in [7, 11) is 3.18. The molecule has 2 aromatic carbocycles. The number of amides is 1. The number of methoxy groups -OCH3 is 2. The fourth-order valence-corrected chi connectivity index (χ4v) is 2.09. The molecule has 122 valence electrons. The number of carbonyl (C=O) groups excluding carboxylic acids is 1. The van der Waals surface area contributed by atoms with Crippen LogP contribution in [-0.2, 0) is 11.3 Å². The van der Waals surface area contributed by atoms with Gasteiger partial charge in [0.25, 0.3) is 0 Å². The lowest BCUT2D eigenvalue weighted by molar-refractivity contribution is -0.119. The van der Waals surface area contributed by atoms with Crippen molar-refractivity contribution in [2.24, 2.45) is 0 Å². The van der Waals surface area contributed by atoms with Crippen LogP contribution in [0.5, 0.6) is 11.5 Å². The number of aryl methyl sites for hydroxylation is 1. The average Bonchev–Trinajstić information content (AvgIpc) is 2.59. The van der Waals surface area contributed by atoms with E-state index in [1.807, 2.05) is 43.3 Å². The number of anilines is 1. The minimum atomic E-state index is -0.0801. The monoisotopic (exact) mass is 314 g/mol. The Labute approximate surface area is 136 Å². The molecule has 0 unspecified atom stereocenters. The predicted octanol–water partition coefficient (Wildman–Crippen LogP) is 2.74. The molecule has 0 saturated carbocycles. The second-order valence-electron chi connectivity index (χ2n) is 5.18. The molecule has 2 N–H and O–H groups in total. The highest BCUT2D eigenvalue weighted by atomic mass is 16.5. The minimum Gasteiger partial charge on any atom is -0.497 e.